The summed E-state index contributed by atoms with van der Waals surface area (Å²) in [6.45, 7) is -0.468. The largest absolute Gasteiger partial charge is 0.452 e. The summed E-state index contributed by atoms with van der Waals surface area (Å²) in [7, 11) is 0. The van der Waals surface area contributed by atoms with Gasteiger partial charge in [-0.05, 0) is 29.6 Å². The van der Waals surface area contributed by atoms with Crippen LogP contribution in [0.25, 0.3) is 0 Å². The van der Waals surface area contributed by atoms with E-state index < -0.39 is 18.5 Å². The van der Waals surface area contributed by atoms with E-state index in [1.54, 1.807) is 23.6 Å². The van der Waals surface area contributed by atoms with Gasteiger partial charge in [0.15, 0.2) is 6.61 Å². The first-order valence-corrected chi connectivity index (χ1v) is 7.96. The third-order valence-electron chi connectivity index (χ3n) is 2.52. The number of carbonyl (C=O) groups is 2. The van der Waals surface area contributed by atoms with E-state index in [0.717, 1.165) is 0 Å². The molecule has 0 radical (unpaired) electrons. The monoisotopic (exact) mass is 398 g/mol. The average molecular weight is 400 g/mol. The highest BCUT2D eigenvalue weighted by Crippen LogP contribution is 2.23. The molecule has 22 heavy (non-hydrogen) atoms. The second-order valence-corrected chi connectivity index (χ2v) is 6.26. The molecular weight excluding hydrogens is 392 g/mol. The molecule has 1 amide bonds. The second-order valence-electron chi connectivity index (χ2n) is 4.02. The maximum absolute atomic E-state index is 11.9. The highest BCUT2D eigenvalue weighted by Gasteiger charge is 2.15. The van der Waals surface area contributed by atoms with Crippen LogP contribution in [0.3, 0.4) is 0 Å². The van der Waals surface area contributed by atoms with E-state index in [0.29, 0.717) is 15.0 Å². The molecule has 0 spiro atoms. The molecule has 0 saturated carbocycles. The van der Waals surface area contributed by atoms with E-state index in [1.165, 1.54) is 17.4 Å². The number of hydrogen-bond donors (Lipinski definition) is 1. The van der Waals surface area contributed by atoms with Gasteiger partial charge in [-0.2, -0.15) is 5.26 Å². The molecule has 0 unspecified atom stereocenters. The fourth-order valence-electron chi connectivity index (χ4n) is 1.52. The molecule has 5 nitrogen and oxygen atoms in total. The van der Waals surface area contributed by atoms with Gasteiger partial charge in [0.25, 0.3) is 5.91 Å². The molecule has 112 valence electrons. The van der Waals surface area contributed by atoms with Crippen molar-refractivity contribution >= 4 is 55.7 Å². The van der Waals surface area contributed by atoms with Crippen LogP contribution in [-0.2, 0) is 9.53 Å². The summed E-state index contributed by atoms with van der Waals surface area (Å²) < 4.78 is 5.59. The molecule has 0 atom stereocenters. The first-order valence-electron chi connectivity index (χ1n) is 5.91. The highest BCUT2D eigenvalue weighted by atomic mass is 79.9. The summed E-state index contributed by atoms with van der Waals surface area (Å²) in [6.07, 6.45) is 0. The third kappa shape index (κ3) is 4.07. The predicted octanol–water partition coefficient (Wildman–Crippen LogP) is 3.83. The standard InChI is InChI=1S/C14H8BrClN2O3S/c15-9-1-2-11(16)10(5-9)14(20)21-7-12(19)18-13-8(6-17)3-4-22-13/h1-5H,7H2,(H,18,19). The van der Waals surface area contributed by atoms with Crippen molar-refractivity contribution in [2.24, 2.45) is 0 Å². The summed E-state index contributed by atoms with van der Waals surface area (Å²) in [4.78, 5) is 23.6. The number of hydrogen-bond acceptors (Lipinski definition) is 5. The number of ether oxygens (including phenoxy) is 1. The lowest BCUT2D eigenvalue weighted by molar-refractivity contribution is -0.119. The van der Waals surface area contributed by atoms with Crippen LogP contribution in [0.4, 0.5) is 5.00 Å². The van der Waals surface area contributed by atoms with Crippen molar-refractivity contribution in [3.05, 3.63) is 50.3 Å². The number of amides is 1. The Morgan fingerprint density at radius 3 is 2.91 bits per heavy atom. The van der Waals surface area contributed by atoms with Gasteiger partial charge in [-0.15, -0.1) is 11.3 Å². The topological polar surface area (TPSA) is 79.2 Å². The third-order valence-corrected chi connectivity index (χ3v) is 4.17. The lowest BCUT2D eigenvalue weighted by Crippen LogP contribution is -2.21. The minimum absolute atomic E-state index is 0.165. The van der Waals surface area contributed by atoms with Crippen LogP contribution in [-0.4, -0.2) is 18.5 Å². The van der Waals surface area contributed by atoms with Gasteiger partial charge in [-0.3, -0.25) is 4.79 Å². The van der Waals surface area contributed by atoms with Gasteiger partial charge < -0.3 is 10.1 Å². The molecule has 2 aromatic rings. The van der Waals surface area contributed by atoms with Crippen molar-refractivity contribution in [3.8, 4) is 6.07 Å². The molecule has 1 aromatic heterocycles. The molecule has 0 bridgehead atoms. The van der Waals surface area contributed by atoms with Gasteiger partial charge in [0, 0.05) is 4.47 Å². The molecule has 2 rings (SSSR count). The van der Waals surface area contributed by atoms with Crippen LogP contribution >= 0.6 is 38.9 Å². The van der Waals surface area contributed by atoms with Crippen molar-refractivity contribution in [1.29, 1.82) is 5.26 Å². The average Bonchev–Trinajstić information content (AvgIpc) is 2.94. The summed E-state index contributed by atoms with van der Waals surface area (Å²) >= 11 is 10.3. The van der Waals surface area contributed by atoms with E-state index >= 15 is 0 Å². The van der Waals surface area contributed by atoms with Gasteiger partial charge in [-0.25, -0.2) is 4.79 Å². The maximum Gasteiger partial charge on any atom is 0.340 e. The van der Waals surface area contributed by atoms with E-state index in [1.807, 2.05) is 6.07 Å². The van der Waals surface area contributed by atoms with E-state index in [-0.39, 0.29) is 10.6 Å². The van der Waals surface area contributed by atoms with Gasteiger partial charge >= 0.3 is 5.97 Å². The smallest absolute Gasteiger partial charge is 0.340 e. The maximum atomic E-state index is 11.9. The van der Waals surface area contributed by atoms with Crippen LogP contribution < -0.4 is 5.32 Å². The first kappa shape index (κ1) is 16.5. The van der Waals surface area contributed by atoms with Crippen LogP contribution in [0.2, 0.25) is 5.02 Å². The molecule has 0 saturated heterocycles. The zero-order chi connectivity index (χ0) is 16.1. The van der Waals surface area contributed by atoms with Crippen molar-refractivity contribution in [2.75, 3.05) is 11.9 Å². The number of benzene rings is 1. The van der Waals surface area contributed by atoms with Crippen molar-refractivity contribution in [2.45, 2.75) is 0 Å². The van der Waals surface area contributed by atoms with Crippen molar-refractivity contribution in [3.63, 3.8) is 0 Å². The Bertz CT molecular complexity index is 770. The molecule has 1 aromatic carbocycles. The quantitative estimate of drug-likeness (QED) is 0.792. The normalized spacial score (nSPS) is 9.86. The number of nitriles is 1. The van der Waals surface area contributed by atoms with Crippen LogP contribution in [0, 0.1) is 11.3 Å². The number of halogens is 2. The summed E-state index contributed by atoms with van der Waals surface area (Å²) in [5, 5.41) is 13.7. The van der Waals surface area contributed by atoms with Gasteiger partial charge in [-0.1, -0.05) is 27.5 Å². The summed E-state index contributed by atoms with van der Waals surface area (Å²) in [6, 6.07) is 8.29. The van der Waals surface area contributed by atoms with Crippen molar-refractivity contribution < 1.29 is 14.3 Å². The number of esters is 1. The van der Waals surface area contributed by atoms with Gasteiger partial charge in [0.2, 0.25) is 0 Å². The molecule has 0 aliphatic heterocycles. The lowest BCUT2D eigenvalue weighted by Gasteiger charge is -2.07. The SMILES string of the molecule is N#Cc1ccsc1NC(=O)COC(=O)c1cc(Br)ccc1Cl. The molecule has 0 fully saturated rings. The van der Waals surface area contributed by atoms with Crippen LogP contribution in [0.5, 0.6) is 0 Å². The van der Waals surface area contributed by atoms with Gasteiger partial charge in [0.1, 0.15) is 11.1 Å². The Morgan fingerprint density at radius 2 is 2.18 bits per heavy atom. The Balaban J connectivity index is 1.95. The molecule has 0 aliphatic carbocycles. The summed E-state index contributed by atoms with van der Waals surface area (Å²) in [5.41, 5.74) is 0.525. The number of carbonyl (C=O) groups excluding carboxylic acids is 2. The van der Waals surface area contributed by atoms with Crippen LogP contribution in [0.15, 0.2) is 34.1 Å². The Morgan fingerprint density at radius 1 is 1.41 bits per heavy atom. The zero-order valence-electron chi connectivity index (χ0n) is 10.9. The summed E-state index contributed by atoms with van der Waals surface area (Å²) in [5.74, 6) is -1.23. The lowest BCUT2D eigenvalue weighted by atomic mass is 10.2. The number of rotatable bonds is 4. The van der Waals surface area contributed by atoms with Crippen molar-refractivity contribution in [1.82, 2.24) is 0 Å². The molecule has 1 heterocycles. The molecular formula is C14H8BrClN2O3S. The number of thiophene rings is 1. The first-order chi connectivity index (χ1) is 10.5. The van der Waals surface area contributed by atoms with E-state index in [4.69, 9.17) is 21.6 Å². The zero-order valence-corrected chi connectivity index (χ0v) is 14.1. The fraction of sp³-hybridized carbons (Fsp3) is 0.0714. The minimum Gasteiger partial charge on any atom is -0.452 e. The second kappa shape index (κ2) is 7.40. The number of nitrogens with zero attached hydrogens (tertiary/aromatic N) is 1. The molecule has 8 heteroatoms. The predicted molar refractivity (Wildman–Crippen MR) is 87.1 cm³/mol. The Kier molecular flexibility index (Phi) is 5.55. The van der Waals surface area contributed by atoms with Crippen LogP contribution in [0.1, 0.15) is 15.9 Å². The Labute approximate surface area is 143 Å². The van der Waals surface area contributed by atoms with E-state index in [9.17, 15) is 9.59 Å². The number of anilines is 1. The molecule has 1 N–H and O–H groups in total. The minimum atomic E-state index is -0.701. The highest BCUT2D eigenvalue weighted by molar-refractivity contribution is 9.10. The van der Waals surface area contributed by atoms with E-state index in [2.05, 4.69) is 21.2 Å². The fourth-order valence-corrected chi connectivity index (χ4v) is 2.83. The van der Waals surface area contributed by atoms with Gasteiger partial charge in [0.05, 0.1) is 16.1 Å². The Hall–Kier alpha value is -1.88. The number of nitrogens with one attached hydrogen (secondary N) is 1. The molecule has 0 aliphatic rings.